The van der Waals surface area contributed by atoms with Crippen LogP contribution in [0.1, 0.15) is 38.8 Å². The van der Waals surface area contributed by atoms with Crippen LogP contribution in [-0.2, 0) is 14.3 Å². The average Bonchev–Trinajstić information content (AvgIpc) is 2.50. The maximum Gasteiger partial charge on any atom is 0.341 e. The van der Waals surface area contributed by atoms with E-state index in [0.29, 0.717) is 5.75 Å². The number of aliphatic carboxylic acids is 1. The summed E-state index contributed by atoms with van der Waals surface area (Å²) in [5.41, 5.74) is 0.902. The minimum absolute atomic E-state index is 0.0408. The number of hydrogen-bond acceptors (Lipinski definition) is 4. The van der Waals surface area contributed by atoms with Crippen LogP contribution in [0, 0.1) is 0 Å². The highest BCUT2D eigenvalue weighted by Crippen LogP contribution is 2.17. The predicted molar refractivity (Wildman–Crippen MR) is 81.8 cm³/mol. The van der Waals surface area contributed by atoms with Gasteiger partial charge in [0.25, 0.3) is 0 Å². The zero-order valence-corrected chi connectivity index (χ0v) is 13.2. The summed E-state index contributed by atoms with van der Waals surface area (Å²) in [6.45, 7) is 5.46. The SMILES string of the molecule is CCC(C)OCC(=O)NC(C)c1ccc(OCC(=O)O)cc1. The Labute approximate surface area is 130 Å². The molecule has 0 bridgehead atoms. The van der Waals surface area contributed by atoms with Crippen LogP contribution in [0.15, 0.2) is 24.3 Å². The van der Waals surface area contributed by atoms with Gasteiger partial charge in [-0.15, -0.1) is 0 Å². The number of carboxylic acid groups (broad SMARTS) is 1. The van der Waals surface area contributed by atoms with Crippen molar-refractivity contribution in [1.29, 1.82) is 0 Å². The number of ether oxygens (including phenoxy) is 2. The first-order valence-electron chi connectivity index (χ1n) is 7.27. The molecule has 6 nitrogen and oxygen atoms in total. The van der Waals surface area contributed by atoms with Crippen molar-refractivity contribution in [2.75, 3.05) is 13.2 Å². The molecule has 1 aromatic carbocycles. The summed E-state index contributed by atoms with van der Waals surface area (Å²) in [7, 11) is 0. The highest BCUT2D eigenvalue weighted by molar-refractivity contribution is 5.77. The van der Waals surface area contributed by atoms with Gasteiger partial charge in [0.2, 0.25) is 5.91 Å². The molecular weight excluding hydrogens is 286 g/mol. The number of rotatable bonds is 9. The van der Waals surface area contributed by atoms with E-state index in [9.17, 15) is 9.59 Å². The Morgan fingerprint density at radius 3 is 2.36 bits per heavy atom. The van der Waals surface area contributed by atoms with Gasteiger partial charge in [-0.1, -0.05) is 19.1 Å². The molecule has 2 N–H and O–H groups in total. The van der Waals surface area contributed by atoms with E-state index in [1.807, 2.05) is 20.8 Å². The Bertz CT molecular complexity index is 486. The van der Waals surface area contributed by atoms with Crippen LogP contribution in [0.5, 0.6) is 5.75 Å². The van der Waals surface area contributed by atoms with E-state index >= 15 is 0 Å². The number of carboxylic acids is 1. The van der Waals surface area contributed by atoms with E-state index in [4.69, 9.17) is 14.6 Å². The monoisotopic (exact) mass is 309 g/mol. The van der Waals surface area contributed by atoms with Crippen molar-refractivity contribution in [3.8, 4) is 5.75 Å². The second kappa shape index (κ2) is 9.04. The van der Waals surface area contributed by atoms with Gasteiger partial charge in [0.1, 0.15) is 12.4 Å². The lowest BCUT2D eigenvalue weighted by atomic mass is 10.1. The molecule has 0 saturated carbocycles. The molecule has 22 heavy (non-hydrogen) atoms. The predicted octanol–water partition coefficient (Wildman–Crippen LogP) is 2.14. The molecule has 1 rings (SSSR count). The highest BCUT2D eigenvalue weighted by Gasteiger charge is 2.11. The van der Waals surface area contributed by atoms with E-state index in [2.05, 4.69) is 5.32 Å². The topological polar surface area (TPSA) is 84.9 Å². The minimum Gasteiger partial charge on any atom is -0.482 e. The fraction of sp³-hybridized carbons (Fsp3) is 0.500. The summed E-state index contributed by atoms with van der Waals surface area (Å²) in [4.78, 5) is 22.2. The van der Waals surface area contributed by atoms with Crippen LogP contribution >= 0.6 is 0 Å². The van der Waals surface area contributed by atoms with Crippen LogP contribution in [0.2, 0.25) is 0 Å². The number of carbonyl (C=O) groups excluding carboxylic acids is 1. The van der Waals surface area contributed by atoms with Crippen LogP contribution in [-0.4, -0.2) is 36.3 Å². The molecule has 0 aliphatic rings. The Morgan fingerprint density at radius 1 is 1.18 bits per heavy atom. The van der Waals surface area contributed by atoms with E-state index < -0.39 is 5.97 Å². The van der Waals surface area contributed by atoms with Gasteiger partial charge in [-0.05, 0) is 38.0 Å². The molecule has 2 unspecified atom stereocenters. The number of nitrogens with one attached hydrogen (secondary N) is 1. The number of hydrogen-bond donors (Lipinski definition) is 2. The van der Waals surface area contributed by atoms with Crippen LogP contribution in [0.25, 0.3) is 0 Å². The van der Waals surface area contributed by atoms with E-state index in [0.717, 1.165) is 12.0 Å². The second-order valence-electron chi connectivity index (χ2n) is 5.07. The summed E-state index contributed by atoms with van der Waals surface area (Å²) in [5, 5.41) is 11.4. The second-order valence-corrected chi connectivity index (χ2v) is 5.07. The molecule has 1 aromatic rings. The Balaban J connectivity index is 2.46. The van der Waals surface area contributed by atoms with Gasteiger partial charge in [0.05, 0.1) is 12.1 Å². The summed E-state index contributed by atoms with van der Waals surface area (Å²) in [5.74, 6) is -0.713. The van der Waals surface area contributed by atoms with Crippen molar-refractivity contribution in [3.63, 3.8) is 0 Å². The van der Waals surface area contributed by atoms with E-state index in [1.54, 1.807) is 24.3 Å². The number of carbonyl (C=O) groups is 2. The fourth-order valence-corrected chi connectivity index (χ4v) is 1.70. The maximum atomic E-state index is 11.8. The first-order valence-corrected chi connectivity index (χ1v) is 7.27. The normalized spacial score (nSPS) is 13.2. The first-order chi connectivity index (χ1) is 10.4. The molecule has 0 spiro atoms. The third-order valence-electron chi connectivity index (χ3n) is 3.19. The number of benzene rings is 1. The van der Waals surface area contributed by atoms with Crippen molar-refractivity contribution in [2.45, 2.75) is 39.3 Å². The molecule has 1 amide bonds. The molecule has 0 radical (unpaired) electrons. The Hall–Kier alpha value is -2.08. The average molecular weight is 309 g/mol. The van der Waals surface area contributed by atoms with E-state index in [-0.39, 0.29) is 31.3 Å². The quantitative estimate of drug-likeness (QED) is 0.730. The fourth-order valence-electron chi connectivity index (χ4n) is 1.70. The standard InChI is InChI=1S/C16H23NO5/c1-4-11(2)21-9-15(18)17-12(3)13-5-7-14(8-6-13)22-10-16(19)20/h5-8,11-12H,4,9-10H2,1-3H3,(H,17,18)(H,19,20). The van der Waals surface area contributed by atoms with E-state index in [1.165, 1.54) is 0 Å². The first kappa shape index (κ1) is 18.0. The van der Waals surface area contributed by atoms with Crippen molar-refractivity contribution in [1.82, 2.24) is 5.32 Å². The smallest absolute Gasteiger partial charge is 0.341 e. The van der Waals surface area contributed by atoms with Crippen molar-refractivity contribution in [3.05, 3.63) is 29.8 Å². The van der Waals surface area contributed by atoms with Gasteiger partial charge in [-0.25, -0.2) is 4.79 Å². The zero-order valence-electron chi connectivity index (χ0n) is 13.2. The lowest BCUT2D eigenvalue weighted by Gasteiger charge is -2.16. The molecule has 6 heteroatoms. The van der Waals surface area contributed by atoms with Gasteiger partial charge in [0.15, 0.2) is 6.61 Å². The summed E-state index contributed by atoms with van der Waals surface area (Å²) >= 11 is 0. The minimum atomic E-state index is -1.02. The molecule has 0 fully saturated rings. The zero-order chi connectivity index (χ0) is 16.5. The summed E-state index contributed by atoms with van der Waals surface area (Å²) < 4.78 is 10.4. The van der Waals surface area contributed by atoms with Crippen LogP contribution in [0.3, 0.4) is 0 Å². The molecule has 0 aliphatic carbocycles. The largest absolute Gasteiger partial charge is 0.482 e. The maximum absolute atomic E-state index is 11.8. The molecule has 2 atom stereocenters. The van der Waals surface area contributed by atoms with Crippen molar-refractivity contribution >= 4 is 11.9 Å². The number of amides is 1. The lowest BCUT2D eigenvalue weighted by Crippen LogP contribution is -2.31. The summed E-state index contributed by atoms with van der Waals surface area (Å²) in [6.07, 6.45) is 0.924. The molecule has 0 saturated heterocycles. The third kappa shape index (κ3) is 6.58. The molecule has 0 heterocycles. The van der Waals surface area contributed by atoms with Gasteiger partial charge in [-0.2, -0.15) is 0 Å². The highest BCUT2D eigenvalue weighted by atomic mass is 16.5. The third-order valence-corrected chi connectivity index (χ3v) is 3.19. The van der Waals surface area contributed by atoms with Crippen LogP contribution in [0.4, 0.5) is 0 Å². The van der Waals surface area contributed by atoms with Crippen molar-refractivity contribution in [2.24, 2.45) is 0 Å². The Kier molecular flexibility index (Phi) is 7.39. The van der Waals surface area contributed by atoms with Gasteiger partial charge in [0, 0.05) is 0 Å². The van der Waals surface area contributed by atoms with Crippen LogP contribution < -0.4 is 10.1 Å². The molecule has 122 valence electrons. The lowest BCUT2D eigenvalue weighted by molar-refractivity contribution is -0.139. The summed E-state index contributed by atoms with van der Waals surface area (Å²) in [6, 6.07) is 6.77. The molecular formula is C16H23NO5. The van der Waals surface area contributed by atoms with Gasteiger partial charge < -0.3 is 19.9 Å². The molecule has 0 aromatic heterocycles. The van der Waals surface area contributed by atoms with Crippen molar-refractivity contribution < 1.29 is 24.2 Å². The molecule has 0 aliphatic heterocycles. The van der Waals surface area contributed by atoms with Gasteiger partial charge >= 0.3 is 5.97 Å². The Morgan fingerprint density at radius 2 is 1.82 bits per heavy atom. The van der Waals surface area contributed by atoms with Gasteiger partial charge in [-0.3, -0.25) is 4.79 Å².